The fourth-order valence-corrected chi connectivity index (χ4v) is 2.50. The number of fused-ring (bicyclic) bond motifs is 1. The first kappa shape index (κ1) is 19.9. The van der Waals surface area contributed by atoms with Gasteiger partial charge >= 0.3 is 12.1 Å². The Morgan fingerprint density at radius 2 is 1.86 bits per heavy atom. The predicted octanol–water partition coefficient (Wildman–Crippen LogP) is 3.82. The second-order valence-electron chi connectivity index (χ2n) is 5.84. The molecule has 0 spiro atoms. The highest BCUT2D eigenvalue weighted by atomic mass is 19.4. The summed E-state index contributed by atoms with van der Waals surface area (Å²) < 4.78 is 33.5. The number of halogens is 3. The molecule has 10 heteroatoms. The van der Waals surface area contributed by atoms with Crippen LogP contribution in [0.25, 0.3) is 28.0 Å². The summed E-state index contributed by atoms with van der Waals surface area (Å²) in [6.45, 7) is 1.99. The molecule has 0 radical (unpaired) electrons. The second-order valence-corrected chi connectivity index (χ2v) is 5.84. The number of carbonyl (C=O) groups is 1. The van der Waals surface area contributed by atoms with Crippen molar-refractivity contribution in [1.82, 2.24) is 24.7 Å². The Bertz CT molecular complexity index is 1140. The molecule has 29 heavy (non-hydrogen) atoms. The highest BCUT2D eigenvalue weighted by Crippen LogP contribution is 2.27. The molecule has 0 amide bonds. The monoisotopic (exact) mass is 401 g/mol. The van der Waals surface area contributed by atoms with Crippen LogP contribution in [0, 0.1) is 6.92 Å². The van der Waals surface area contributed by atoms with Crippen LogP contribution in [0.5, 0.6) is 0 Å². The molecule has 0 aliphatic heterocycles. The lowest BCUT2D eigenvalue weighted by Gasteiger charge is -2.07. The van der Waals surface area contributed by atoms with Crippen molar-refractivity contribution in [1.29, 1.82) is 0 Å². The number of alkyl halides is 3. The van der Waals surface area contributed by atoms with Crippen molar-refractivity contribution in [2.75, 3.05) is 0 Å². The van der Waals surface area contributed by atoms with Crippen molar-refractivity contribution < 1.29 is 23.1 Å². The Balaban J connectivity index is 0.000000298. The van der Waals surface area contributed by atoms with Gasteiger partial charge in [0.05, 0.1) is 11.2 Å². The maximum atomic E-state index is 10.6. The van der Waals surface area contributed by atoms with E-state index in [9.17, 15) is 13.2 Å². The van der Waals surface area contributed by atoms with Crippen molar-refractivity contribution in [3.8, 4) is 17.1 Å². The SMILES string of the molecule is Cc1ccc2c(-c3cc(-n4cccn4)ncn3)cccc2n1.O=C(O)C(F)(F)F. The molecule has 0 aliphatic rings. The maximum Gasteiger partial charge on any atom is 0.490 e. The topological polar surface area (TPSA) is 93.8 Å². The van der Waals surface area contributed by atoms with E-state index in [1.54, 1.807) is 17.2 Å². The van der Waals surface area contributed by atoms with Gasteiger partial charge in [-0.05, 0) is 25.1 Å². The molecule has 0 atom stereocenters. The smallest absolute Gasteiger partial charge is 0.475 e. The Kier molecular flexibility index (Phi) is 5.53. The van der Waals surface area contributed by atoms with Crippen LogP contribution in [0.2, 0.25) is 0 Å². The van der Waals surface area contributed by atoms with Gasteiger partial charge in [-0.15, -0.1) is 0 Å². The van der Waals surface area contributed by atoms with E-state index in [2.05, 4.69) is 32.2 Å². The highest BCUT2D eigenvalue weighted by molar-refractivity contribution is 5.93. The Morgan fingerprint density at radius 1 is 1.10 bits per heavy atom. The number of hydrogen-bond donors (Lipinski definition) is 1. The minimum Gasteiger partial charge on any atom is -0.475 e. The van der Waals surface area contributed by atoms with Gasteiger partial charge < -0.3 is 5.11 Å². The summed E-state index contributed by atoms with van der Waals surface area (Å²) >= 11 is 0. The summed E-state index contributed by atoms with van der Waals surface area (Å²) in [6, 6.07) is 14.0. The third-order valence-corrected chi connectivity index (χ3v) is 3.78. The third-order valence-electron chi connectivity index (χ3n) is 3.78. The molecular weight excluding hydrogens is 387 g/mol. The van der Waals surface area contributed by atoms with Gasteiger partial charge in [-0.25, -0.2) is 19.4 Å². The first-order valence-electron chi connectivity index (χ1n) is 8.24. The van der Waals surface area contributed by atoms with E-state index >= 15 is 0 Å². The standard InChI is InChI=1S/C17H13N5.C2HF3O2/c1-12-6-7-14-13(4-2-5-15(14)21-12)16-10-17(19-11-18-16)22-9-3-8-20-22;3-2(4,5)1(6)7/h2-11H,1H3;(H,6,7). The van der Waals surface area contributed by atoms with Crippen molar-refractivity contribution >= 4 is 16.9 Å². The number of carboxylic acid groups (broad SMARTS) is 1. The molecule has 0 bridgehead atoms. The Labute approximate surface area is 162 Å². The molecule has 7 nitrogen and oxygen atoms in total. The van der Waals surface area contributed by atoms with E-state index in [0.29, 0.717) is 0 Å². The molecular formula is C19H14F3N5O2. The number of hydrogen-bond acceptors (Lipinski definition) is 5. The maximum absolute atomic E-state index is 10.6. The fourth-order valence-electron chi connectivity index (χ4n) is 2.50. The Hall–Kier alpha value is -3.82. The first-order valence-corrected chi connectivity index (χ1v) is 8.24. The van der Waals surface area contributed by atoms with Gasteiger partial charge in [-0.1, -0.05) is 18.2 Å². The zero-order valence-electron chi connectivity index (χ0n) is 15.0. The summed E-state index contributed by atoms with van der Waals surface area (Å²) in [6.07, 6.45) is 0.0688. The number of aliphatic carboxylic acids is 1. The second kappa shape index (κ2) is 8.05. The van der Waals surface area contributed by atoms with E-state index in [0.717, 1.165) is 33.7 Å². The summed E-state index contributed by atoms with van der Waals surface area (Å²) in [5, 5.41) is 12.4. The third kappa shape index (κ3) is 4.72. The predicted molar refractivity (Wildman–Crippen MR) is 98.3 cm³/mol. The van der Waals surface area contributed by atoms with Crippen molar-refractivity contribution in [3.05, 3.63) is 66.9 Å². The van der Waals surface area contributed by atoms with Crippen LogP contribution >= 0.6 is 0 Å². The van der Waals surface area contributed by atoms with Gasteiger partial charge in [0.2, 0.25) is 0 Å². The number of nitrogens with zero attached hydrogens (tertiary/aromatic N) is 5. The number of aryl methyl sites for hydroxylation is 1. The van der Waals surface area contributed by atoms with Gasteiger partial charge in [0.25, 0.3) is 0 Å². The lowest BCUT2D eigenvalue weighted by molar-refractivity contribution is -0.192. The van der Waals surface area contributed by atoms with Crippen LogP contribution in [-0.4, -0.2) is 42.0 Å². The van der Waals surface area contributed by atoms with Gasteiger partial charge in [0.1, 0.15) is 6.33 Å². The number of aromatic nitrogens is 5. The minimum atomic E-state index is -5.08. The molecule has 0 saturated carbocycles. The fraction of sp³-hybridized carbons (Fsp3) is 0.105. The lowest BCUT2D eigenvalue weighted by Crippen LogP contribution is -2.21. The van der Waals surface area contributed by atoms with E-state index in [4.69, 9.17) is 9.90 Å². The zero-order chi connectivity index (χ0) is 21.0. The highest BCUT2D eigenvalue weighted by Gasteiger charge is 2.38. The van der Waals surface area contributed by atoms with E-state index in [-0.39, 0.29) is 0 Å². The molecule has 3 aromatic heterocycles. The molecule has 0 unspecified atom stereocenters. The van der Waals surface area contributed by atoms with Crippen LogP contribution in [-0.2, 0) is 4.79 Å². The molecule has 1 aromatic carbocycles. The summed E-state index contributed by atoms with van der Waals surface area (Å²) in [7, 11) is 0. The average molecular weight is 401 g/mol. The van der Waals surface area contributed by atoms with Crippen LogP contribution in [0.15, 0.2) is 61.2 Å². The molecule has 0 aliphatic carbocycles. The summed E-state index contributed by atoms with van der Waals surface area (Å²) in [5.41, 5.74) is 3.87. The number of carboxylic acids is 1. The zero-order valence-corrected chi connectivity index (χ0v) is 15.0. The molecule has 0 fully saturated rings. The Morgan fingerprint density at radius 3 is 2.52 bits per heavy atom. The average Bonchev–Trinajstić information content (AvgIpc) is 3.22. The summed E-state index contributed by atoms with van der Waals surface area (Å²) in [4.78, 5) is 22.2. The van der Waals surface area contributed by atoms with Crippen molar-refractivity contribution in [3.63, 3.8) is 0 Å². The van der Waals surface area contributed by atoms with Gasteiger partial charge in [-0.2, -0.15) is 18.3 Å². The normalized spacial score (nSPS) is 11.0. The summed E-state index contributed by atoms with van der Waals surface area (Å²) in [5.74, 6) is -2.01. The minimum absolute atomic E-state index is 0.743. The van der Waals surface area contributed by atoms with Gasteiger partial charge in [-0.3, -0.25) is 4.98 Å². The van der Waals surface area contributed by atoms with Crippen molar-refractivity contribution in [2.45, 2.75) is 13.1 Å². The van der Waals surface area contributed by atoms with Crippen LogP contribution in [0.1, 0.15) is 5.69 Å². The molecule has 4 rings (SSSR count). The molecule has 148 valence electrons. The number of rotatable bonds is 2. The van der Waals surface area contributed by atoms with Gasteiger partial charge in [0.15, 0.2) is 5.82 Å². The van der Waals surface area contributed by atoms with Crippen LogP contribution < -0.4 is 0 Å². The molecule has 3 heterocycles. The van der Waals surface area contributed by atoms with Gasteiger partial charge in [0, 0.05) is 35.1 Å². The van der Waals surface area contributed by atoms with Crippen LogP contribution in [0.3, 0.4) is 0 Å². The number of benzene rings is 1. The van der Waals surface area contributed by atoms with E-state index < -0.39 is 12.1 Å². The largest absolute Gasteiger partial charge is 0.490 e. The van der Waals surface area contributed by atoms with E-state index in [1.807, 2.05) is 43.5 Å². The first-order chi connectivity index (χ1) is 13.8. The van der Waals surface area contributed by atoms with Crippen molar-refractivity contribution in [2.24, 2.45) is 0 Å². The van der Waals surface area contributed by atoms with Crippen LogP contribution in [0.4, 0.5) is 13.2 Å². The molecule has 0 saturated heterocycles. The van der Waals surface area contributed by atoms with E-state index in [1.165, 1.54) is 0 Å². The quantitative estimate of drug-likeness (QED) is 0.549. The molecule has 4 aromatic rings. The lowest BCUT2D eigenvalue weighted by atomic mass is 10.0. The number of pyridine rings is 1. The molecule has 1 N–H and O–H groups in total.